The molecule has 3 aliphatic rings. The number of hydrogen-bond acceptors (Lipinski definition) is 8. The number of aliphatic hydroxyl groups is 3. The topological polar surface area (TPSA) is 143 Å². The predicted octanol–water partition coefficient (Wildman–Crippen LogP) is 4.47. The molecule has 3 heterocycles. The van der Waals surface area contributed by atoms with Gasteiger partial charge in [0.2, 0.25) is 11.8 Å². The van der Waals surface area contributed by atoms with Crippen molar-refractivity contribution >= 4 is 40.5 Å². The molecule has 1 unspecified atom stereocenters. The van der Waals surface area contributed by atoms with Crippen LogP contribution in [0.4, 0.5) is 22.7 Å². The number of carbonyl (C=O) groups excluding carboxylic acids is 3. The predicted molar refractivity (Wildman–Crippen MR) is 195 cm³/mol. The number of benzene rings is 3. The Kier molecular flexibility index (Phi) is 11.2. The number of hydrogen-bond donors (Lipinski definition) is 4. The van der Waals surface area contributed by atoms with Crippen molar-refractivity contribution in [3.05, 3.63) is 90.0 Å². The molecule has 6 rings (SSSR count). The fourth-order valence-electron chi connectivity index (χ4n) is 7.54. The minimum Gasteiger partial charge on any atom is -0.494 e. The van der Waals surface area contributed by atoms with Crippen LogP contribution in [-0.4, -0.2) is 82.9 Å². The van der Waals surface area contributed by atoms with Gasteiger partial charge in [0.1, 0.15) is 5.75 Å². The van der Waals surface area contributed by atoms with E-state index in [1.807, 2.05) is 55.5 Å². The summed E-state index contributed by atoms with van der Waals surface area (Å²) < 4.78 is 5.79. The molecule has 0 bridgehead atoms. The van der Waals surface area contributed by atoms with E-state index in [0.29, 0.717) is 73.0 Å². The maximum Gasteiger partial charge on any atom is 0.268 e. The number of nitrogens with one attached hydrogen (secondary N) is 1. The van der Waals surface area contributed by atoms with Gasteiger partial charge in [0.15, 0.2) is 5.60 Å². The minimum atomic E-state index is -2.01. The van der Waals surface area contributed by atoms with Crippen molar-refractivity contribution < 1.29 is 34.4 Å². The van der Waals surface area contributed by atoms with E-state index < -0.39 is 23.5 Å². The molecule has 11 nitrogen and oxygen atoms in total. The van der Waals surface area contributed by atoms with Gasteiger partial charge in [-0.25, -0.2) is 0 Å². The number of fused-ring (bicyclic) bond motifs is 2. The molecular weight excluding hydrogens is 648 g/mol. The minimum absolute atomic E-state index is 0.0766. The summed E-state index contributed by atoms with van der Waals surface area (Å²) in [5.41, 5.74) is 1.56. The fraction of sp³-hybridized carbons (Fsp3) is 0.425. The first-order chi connectivity index (χ1) is 24.7. The van der Waals surface area contributed by atoms with Gasteiger partial charge in [-0.05, 0) is 99.7 Å². The highest BCUT2D eigenvalue weighted by molar-refractivity contribution is 6.13. The lowest BCUT2D eigenvalue weighted by molar-refractivity contribution is -0.138. The summed E-state index contributed by atoms with van der Waals surface area (Å²) in [5, 5.41) is 34.9. The van der Waals surface area contributed by atoms with Gasteiger partial charge < -0.3 is 30.3 Å². The number of aliphatic hydroxyl groups excluding tert-OH is 2. The van der Waals surface area contributed by atoms with Crippen LogP contribution >= 0.6 is 0 Å². The molecule has 1 saturated heterocycles. The van der Waals surface area contributed by atoms with Crippen molar-refractivity contribution in [2.24, 2.45) is 5.92 Å². The third kappa shape index (κ3) is 7.03. The smallest absolute Gasteiger partial charge is 0.268 e. The molecule has 51 heavy (non-hydrogen) atoms. The Morgan fingerprint density at radius 1 is 1.02 bits per heavy atom. The monoisotopic (exact) mass is 696 g/mol. The Labute approximate surface area is 299 Å². The van der Waals surface area contributed by atoms with Gasteiger partial charge in [-0.2, -0.15) is 0 Å². The largest absolute Gasteiger partial charge is 0.494 e. The number of amides is 3. The summed E-state index contributed by atoms with van der Waals surface area (Å²) in [4.78, 5) is 46.5. The van der Waals surface area contributed by atoms with E-state index in [4.69, 9.17) is 4.74 Å². The van der Waals surface area contributed by atoms with Gasteiger partial charge in [-0.1, -0.05) is 37.3 Å². The highest BCUT2D eigenvalue weighted by Crippen LogP contribution is 2.50. The lowest BCUT2D eigenvalue weighted by Crippen LogP contribution is -2.49. The Balaban J connectivity index is 1.38. The van der Waals surface area contributed by atoms with E-state index in [1.165, 1.54) is 4.90 Å². The van der Waals surface area contributed by atoms with Crippen molar-refractivity contribution in [3.63, 3.8) is 0 Å². The number of rotatable bonds is 14. The summed E-state index contributed by atoms with van der Waals surface area (Å²) in [6.07, 6.45) is 6.88. The molecule has 3 aliphatic heterocycles. The molecule has 0 spiro atoms. The summed E-state index contributed by atoms with van der Waals surface area (Å²) in [7, 11) is 0. The van der Waals surface area contributed by atoms with E-state index in [2.05, 4.69) is 5.32 Å². The van der Waals surface area contributed by atoms with Gasteiger partial charge in [-0.3, -0.25) is 24.2 Å². The third-order valence-electron chi connectivity index (χ3n) is 10.2. The van der Waals surface area contributed by atoms with Gasteiger partial charge in [0, 0.05) is 42.4 Å². The molecule has 3 aromatic rings. The third-order valence-corrected chi connectivity index (χ3v) is 10.2. The molecule has 4 N–H and O–H groups in total. The standard InChI is InChI=1S/C40H48N4O7/c1-3-51-32-17-19-35-28(23-32)24-34(41-20-7-8-22-45)38(48)43(35)30-16-18-36-33(25-30)40(50,39(49)44(36)29-12-5-4-6-13-29)27(2)11-9-15-37(47)42-21-10-14-31(42)26-46/h4-6,9,11-13,16-19,23,25,27,31,34,41,45-46,50H,3,7-8,10,14-15,20-22,24,26H2,1-2H3/b11-9+/t27-,31+,34?,40+/m1/s1. The lowest BCUT2D eigenvalue weighted by Gasteiger charge is -2.35. The second-order valence-corrected chi connectivity index (χ2v) is 13.5. The van der Waals surface area contributed by atoms with Gasteiger partial charge in [0.25, 0.3) is 5.91 Å². The van der Waals surface area contributed by atoms with Crippen LogP contribution < -0.4 is 19.9 Å². The van der Waals surface area contributed by atoms with Gasteiger partial charge in [0.05, 0.1) is 36.7 Å². The number of anilines is 4. The molecule has 3 amide bonds. The van der Waals surface area contributed by atoms with E-state index in [0.717, 1.165) is 18.4 Å². The SMILES string of the molecule is CCOc1ccc2c(c1)CC(NCCCCO)C(=O)N2c1ccc2c(c1)[C@@](O)([C@H](C)/C=C/CC(=O)N1CCC[C@H]1CO)C(=O)N2c1ccccc1. The Bertz CT molecular complexity index is 1760. The molecule has 0 radical (unpaired) electrons. The van der Waals surface area contributed by atoms with Crippen LogP contribution in [0.15, 0.2) is 78.9 Å². The molecule has 1 fully saturated rings. The second kappa shape index (κ2) is 15.8. The molecular formula is C40H48N4O7. The van der Waals surface area contributed by atoms with Crippen LogP contribution in [0.3, 0.4) is 0 Å². The summed E-state index contributed by atoms with van der Waals surface area (Å²) in [5.74, 6) is -0.848. The van der Waals surface area contributed by atoms with Crippen LogP contribution in [0.5, 0.6) is 5.75 Å². The summed E-state index contributed by atoms with van der Waals surface area (Å²) >= 11 is 0. The number of likely N-dealkylation sites (tertiary alicyclic amines) is 1. The number of ether oxygens (including phenoxy) is 1. The molecule has 11 heteroatoms. The average Bonchev–Trinajstić information content (AvgIpc) is 3.71. The number of nitrogens with zero attached hydrogens (tertiary/aromatic N) is 3. The summed E-state index contributed by atoms with van der Waals surface area (Å²) in [6.45, 7) is 5.33. The van der Waals surface area contributed by atoms with Crippen molar-refractivity contribution in [1.29, 1.82) is 0 Å². The maximum absolute atomic E-state index is 14.4. The first-order valence-electron chi connectivity index (χ1n) is 18.0. The van der Waals surface area contributed by atoms with Crippen molar-refractivity contribution in [2.75, 3.05) is 42.7 Å². The quantitative estimate of drug-likeness (QED) is 0.143. The van der Waals surface area contributed by atoms with E-state index in [-0.39, 0.29) is 37.5 Å². The van der Waals surface area contributed by atoms with Crippen LogP contribution in [0.1, 0.15) is 57.1 Å². The van der Waals surface area contributed by atoms with Crippen molar-refractivity contribution in [1.82, 2.24) is 10.2 Å². The molecule has 0 aromatic heterocycles. The fourth-order valence-corrected chi connectivity index (χ4v) is 7.54. The zero-order chi connectivity index (χ0) is 36.1. The Hall–Kier alpha value is -4.55. The highest BCUT2D eigenvalue weighted by Gasteiger charge is 2.53. The number of unbranched alkanes of at least 4 members (excludes halogenated alkanes) is 1. The number of para-hydroxylation sites is 1. The zero-order valence-electron chi connectivity index (χ0n) is 29.3. The van der Waals surface area contributed by atoms with Crippen molar-refractivity contribution in [2.45, 2.75) is 70.1 Å². The average molecular weight is 697 g/mol. The van der Waals surface area contributed by atoms with Crippen LogP contribution in [0.2, 0.25) is 0 Å². The zero-order valence-corrected chi connectivity index (χ0v) is 29.3. The maximum atomic E-state index is 14.4. The van der Waals surface area contributed by atoms with Crippen LogP contribution in [0, 0.1) is 5.92 Å². The van der Waals surface area contributed by atoms with E-state index in [9.17, 15) is 29.7 Å². The van der Waals surface area contributed by atoms with Crippen LogP contribution in [0.25, 0.3) is 0 Å². The molecule has 3 aromatic carbocycles. The normalized spacial score (nSPS) is 22.1. The highest BCUT2D eigenvalue weighted by atomic mass is 16.5. The van der Waals surface area contributed by atoms with Gasteiger partial charge in [-0.15, -0.1) is 0 Å². The van der Waals surface area contributed by atoms with Crippen LogP contribution in [-0.2, 0) is 26.4 Å². The first-order valence-corrected chi connectivity index (χ1v) is 18.0. The Morgan fingerprint density at radius 2 is 1.80 bits per heavy atom. The van der Waals surface area contributed by atoms with E-state index >= 15 is 0 Å². The first kappa shape index (κ1) is 36.2. The van der Waals surface area contributed by atoms with Gasteiger partial charge >= 0.3 is 0 Å². The summed E-state index contributed by atoms with van der Waals surface area (Å²) in [6, 6.07) is 19.4. The van der Waals surface area contributed by atoms with Crippen molar-refractivity contribution in [3.8, 4) is 5.75 Å². The molecule has 0 aliphatic carbocycles. The molecule has 4 atom stereocenters. The number of carbonyl (C=O) groups is 3. The van der Waals surface area contributed by atoms with E-state index in [1.54, 1.807) is 47.1 Å². The lowest BCUT2D eigenvalue weighted by atomic mass is 9.82. The molecule has 270 valence electrons. The molecule has 0 saturated carbocycles. The Morgan fingerprint density at radius 3 is 2.55 bits per heavy atom. The second-order valence-electron chi connectivity index (χ2n) is 13.5.